The number of carbonyl (C=O) groups is 3. The number of hydrogen-bond donors (Lipinski definition) is 1. The van der Waals surface area contributed by atoms with Gasteiger partial charge in [-0.3, -0.25) is 9.59 Å². The Hall–Kier alpha value is -1.69. The lowest BCUT2D eigenvalue weighted by Crippen LogP contribution is -2.74. The van der Waals surface area contributed by atoms with E-state index < -0.39 is 17.1 Å². The van der Waals surface area contributed by atoms with Gasteiger partial charge in [0.2, 0.25) is 5.91 Å². The summed E-state index contributed by atoms with van der Waals surface area (Å²) < 4.78 is 11.1. The molecule has 3 atom stereocenters. The molecule has 0 aromatic carbocycles. The van der Waals surface area contributed by atoms with Crippen LogP contribution in [-0.4, -0.2) is 35.4 Å². The lowest BCUT2D eigenvalue weighted by Gasteiger charge is -2.51. The number of amides is 1. The number of allylic oxidation sites excluding steroid dienone is 2. The van der Waals surface area contributed by atoms with E-state index in [1.165, 1.54) is 6.08 Å². The zero-order chi connectivity index (χ0) is 16.0. The fourth-order valence-electron chi connectivity index (χ4n) is 3.61. The van der Waals surface area contributed by atoms with Crippen molar-refractivity contribution < 1.29 is 23.9 Å². The Labute approximate surface area is 129 Å². The van der Waals surface area contributed by atoms with Crippen molar-refractivity contribution in [3.63, 3.8) is 0 Å². The Balaban J connectivity index is 1.80. The number of esters is 1. The molecule has 0 aromatic heterocycles. The number of ketones is 1. The SMILES string of the molecule is CCC[C@H]1C(=O)N[C@@]2(C(=O)OC3=CC(=O)CCC3)CO[C@@]12C. The molecule has 1 N–H and O–H groups in total. The Kier molecular flexibility index (Phi) is 3.59. The van der Waals surface area contributed by atoms with Crippen molar-refractivity contribution in [3.05, 3.63) is 11.8 Å². The molecule has 0 unspecified atom stereocenters. The van der Waals surface area contributed by atoms with Gasteiger partial charge in [0, 0.05) is 18.9 Å². The summed E-state index contributed by atoms with van der Waals surface area (Å²) in [7, 11) is 0. The average molecular weight is 307 g/mol. The first-order valence-corrected chi connectivity index (χ1v) is 7.84. The topological polar surface area (TPSA) is 81.7 Å². The lowest BCUT2D eigenvalue weighted by atomic mass is 9.71. The van der Waals surface area contributed by atoms with E-state index in [9.17, 15) is 14.4 Å². The summed E-state index contributed by atoms with van der Waals surface area (Å²) >= 11 is 0. The quantitative estimate of drug-likeness (QED) is 0.790. The summed E-state index contributed by atoms with van der Waals surface area (Å²) in [6.45, 7) is 3.90. The maximum absolute atomic E-state index is 12.6. The molecule has 3 rings (SSSR count). The van der Waals surface area contributed by atoms with Crippen molar-refractivity contribution in [1.82, 2.24) is 5.32 Å². The van der Waals surface area contributed by atoms with E-state index in [1.54, 1.807) is 6.92 Å². The van der Waals surface area contributed by atoms with Gasteiger partial charge in [0.1, 0.15) is 11.4 Å². The molecule has 22 heavy (non-hydrogen) atoms. The third-order valence-electron chi connectivity index (χ3n) is 5.07. The lowest BCUT2D eigenvalue weighted by molar-refractivity contribution is -0.228. The zero-order valence-corrected chi connectivity index (χ0v) is 12.9. The molecular weight excluding hydrogens is 286 g/mol. The van der Waals surface area contributed by atoms with Crippen molar-refractivity contribution >= 4 is 17.7 Å². The summed E-state index contributed by atoms with van der Waals surface area (Å²) in [6.07, 6.45) is 4.62. The summed E-state index contributed by atoms with van der Waals surface area (Å²) in [6, 6.07) is 0. The molecule has 2 aliphatic heterocycles. The van der Waals surface area contributed by atoms with Gasteiger partial charge in [-0.1, -0.05) is 13.3 Å². The molecule has 0 bridgehead atoms. The minimum atomic E-state index is -1.12. The molecule has 3 aliphatic rings. The van der Waals surface area contributed by atoms with Gasteiger partial charge >= 0.3 is 5.97 Å². The molecular formula is C16H21NO5. The standard InChI is InChI=1S/C16H21NO5/c1-3-5-12-13(19)17-16(9-21-15(12,16)2)14(20)22-11-7-4-6-10(18)8-11/h8,12H,3-7,9H2,1-2H3,(H,17,19)/t12-,15-,16+/m0/s1. The first kappa shape index (κ1) is 15.2. The molecule has 0 spiro atoms. The normalized spacial score (nSPS) is 37.0. The monoisotopic (exact) mass is 307 g/mol. The van der Waals surface area contributed by atoms with E-state index in [-0.39, 0.29) is 24.2 Å². The van der Waals surface area contributed by atoms with E-state index in [4.69, 9.17) is 9.47 Å². The summed E-state index contributed by atoms with van der Waals surface area (Å²) in [5, 5.41) is 2.79. The largest absolute Gasteiger partial charge is 0.429 e. The Bertz CT molecular complexity index is 569. The van der Waals surface area contributed by atoms with Crippen LogP contribution in [0.15, 0.2) is 11.8 Å². The van der Waals surface area contributed by atoms with E-state index in [2.05, 4.69) is 5.32 Å². The molecule has 120 valence electrons. The Morgan fingerprint density at radius 3 is 2.82 bits per heavy atom. The van der Waals surface area contributed by atoms with Crippen LogP contribution >= 0.6 is 0 Å². The van der Waals surface area contributed by atoms with E-state index in [1.807, 2.05) is 6.92 Å². The van der Waals surface area contributed by atoms with Crippen molar-refractivity contribution in [2.45, 2.75) is 57.1 Å². The van der Waals surface area contributed by atoms with Crippen LogP contribution in [0.25, 0.3) is 0 Å². The van der Waals surface area contributed by atoms with E-state index in [0.29, 0.717) is 31.4 Å². The molecule has 1 amide bonds. The van der Waals surface area contributed by atoms with Gasteiger partial charge < -0.3 is 14.8 Å². The molecule has 0 saturated carbocycles. The van der Waals surface area contributed by atoms with Gasteiger partial charge in [-0.25, -0.2) is 4.79 Å². The first-order chi connectivity index (χ1) is 10.4. The van der Waals surface area contributed by atoms with Crippen molar-refractivity contribution in [2.75, 3.05) is 6.61 Å². The van der Waals surface area contributed by atoms with Crippen LogP contribution in [0.2, 0.25) is 0 Å². The smallest absolute Gasteiger partial charge is 0.342 e. The Morgan fingerprint density at radius 2 is 2.23 bits per heavy atom. The van der Waals surface area contributed by atoms with Gasteiger partial charge in [-0.2, -0.15) is 0 Å². The van der Waals surface area contributed by atoms with Crippen LogP contribution in [0.1, 0.15) is 46.0 Å². The van der Waals surface area contributed by atoms with Gasteiger partial charge in [0.05, 0.1) is 12.5 Å². The molecule has 0 aromatic rings. The molecule has 1 aliphatic carbocycles. The minimum absolute atomic E-state index is 0.0292. The average Bonchev–Trinajstić information content (AvgIpc) is 2.60. The van der Waals surface area contributed by atoms with Crippen LogP contribution in [0.4, 0.5) is 0 Å². The van der Waals surface area contributed by atoms with Gasteiger partial charge in [-0.15, -0.1) is 0 Å². The predicted octanol–water partition coefficient (Wildman–Crippen LogP) is 1.24. The highest BCUT2D eigenvalue weighted by atomic mass is 16.6. The Morgan fingerprint density at radius 1 is 1.45 bits per heavy atom. The second kappa shape index (κ2) is 5.19. The highest BCUT2D eigenvalue weighted by molar-refractivity contribution is 5.98. The number of carbonyl (C=O) groups excluding carboxylic acids is 3. The third-order valence-corrected chi connectivity index (χ3v) is 5.07. The van der Waals surface area contributed by atoms with E-state index in [0.717, 1.165) is 6.42 Å². The number of nitrogens with one attached hydrogen (secondary N) is 1. The van der Waals surface area contributed by atoms with Gasteiger partial charge in [0.15, 0.2) is 11.3 Å². The summed E-state index contributed by atoms with van der Waals surface area (Å²) in [4.78, 5) is 36.3. The van der Waals surface area contributed by atoms with Gasteiger partial charge in [-0.05, 0) is 19.8 Å². The third kappa shape index (κ3) is 2.00. The molecule has 2 heterocycles. The highest BCUT2D eigenvalue weighted by Crippen LogP contribution is 2.50. The maximum atomic E-state index is 12.6. The predicted molar refractivity (Wildman–Crippen MR) is 76.7 cm³/mol. The zero-order valence-electron chi connectivity index (χ0n) is 12.9. The fraction of sp³-hybridized carbons (Fsp3) is 0.688. The minimum Gasteiger partial charge on any atom is -0.429 e. The van der Waals surface area contributed by atoms with Crippen LogP contribution in [0.3, 0.4) is 0 Å². The molecule has 2 fully saturated rings. The van der Waals surface area contributed by atoms with Crippen LogP contribution in [0, 0.1) is 5.92 Å². The van der Waals surface area contributed by atoms with Crippen LogP contribution in [0.5, 0.6) is 0 Å². The summed E-state index contributed by atoms with van der Waals surface area (Å²) in [5.41, 5.74) is -1.98. The molecule has 6 heteroatoms. The molecule has 2 saturated heterocycles. The number of fused-ring (bicyclic) bond motifs is 1. The number of rotatable bonds is 4. The molecule has 0 radical (unpaired) electrons. The second-order valence-electron chi connectivity index (χ2n) is 6.45. The van der Waals surface area contributed by atoms with Crippen LogP contribution in [-0.2, 0) is 23.9 Å². The highest BCUT2D eigenvalue weighted by Gasteiger charge is 2.73. The number of ether oxygens (including phenoxy) is 2. The van der Waals surface area contributed by atoms with Crippen molar-refractivity contribution in [2.24, 2.45) is 5.92 Å². The van der Waals surface area contributed by atoms with E-state index >= 15 is 0 Å². The van der Waals surface area contributed by atoms with Gasteiger partial charge in [0.25, 0.3) is 0 Å². The number of hydrogen-bond acceptors (Lipinski definition) is 5. The van der Waals surface area contributed by atoms with Crippen molar-refractivity contribution in [3.8, 4) is 0 Å². The molecule has 6 nitrogen and oxygen atoms in total. The first-order valence-electron chi connectivity index (χ1n) is 7.84. The second-order valence-corrected chi connectivity index (χ2v) is 6.45. The maximum Gasteiger partial charge on any atom is 0.342 e. The fourth-order valence-corrected chi connectivity index (χ4v) is 3.61. The van der Waals surface area contributed by atoms with Crippen molar-refractivity contribution in [1.29, 1.82) is 0 Å². The summed E-state index contributed by atoms with van der Waals surface area (Å²) in [5.74, 6) is -0.668. The van der Waals surface area contributed by atoms with Crippen LogP contribution < -0.4 is 5.32 Å².